The van der Waals surface area contributed by atoms with Gasteiger partial charge in [0.2, 0.25) is 12.3 Å². The fourth-order valence-corrected chi connectivity index (χ4v) is 6.09. The first-order chi connectivity index (χ1) is 17.9. The molecule has 0 unspecified atom stereocenters. The standard InChI is InChI=1S/C28H38F2N4O3/c1-18-3-2-13-31-27(18)37-22-7-4-19(5-8-22)10-16-34-24-17-20(26(29)30)6-9-23(24)25(32-34)28(36)33-14-11-21(35)12-15-33/h2-3,13,19-22,26,35H,4-12,14-17H2,1H3/t19-,20-,22+/m1/s1. The molecular formula is C28H38F2N4O3. The van der Waals surface area contributed by atoms with E-state index in [1.54, 1.807) is 11.1 Å². The van der Waals surface area contributed by atoms with E-state index >= 15 is 0 Å². The minimum atomic E-state index is -2.36. The average Bonchev–Trinajstić information content (AvgIpc) is 3.27. The smallest absolute Gasteiger partial charge is 0.274 e. The Bertz CT molecular complexity index is 1080. The van der Waals surface area contributed by atoms with Crippen LogP contribution in [0.15, 0.2) is 18.3 Å². The molecule has 0 bridgehead atoms. The molecule has 2 aromatic heterocycles. The van der Waals surface area contributed by atoms with Crippen LogP contribution in [0, 0.1) is 18.8 Å². The van der Waals surface area contributed by atoms with Gasteiger partial charge in [0.15, 0.2) is 5.69 Å². The molecule has 1 N–H and O–H groups in total. The number of rotatable bonds is 7. The van der Waals surface area contributed by atoms with Crippen LogP contribution < -0.4 is 4.74 Å². The van der Waals surface area contributed by atoms with Gasteiger partial charge in [0, 0.05) is 48.6 Å². The summed E-state index contributed by atoms with van der Waals surface area (Å²) < 4.78 is 35.2. The van der Waals surface area contributed by atoms with Gasteiger partial charge in [0.05, 0.1) is 6.10 Å². The Balaban J connectivity index is 1.23. The minimum absolute atomic E-state index is 0.125. The predicted octanol–water partition coefficient (Wildman–Crippen LogP) is 4.58. The fourth-order valence-electron chi connectivity index (χ4n) is 6.09. The van der Waals surface area contributed by atoms with Crippen LogP contribution in [0.1, 0.15) is 78.7 Å². The van der Waals surface area contributed by atoms with Gasteiger partial charge >= 0.3 is 0 Å². The number of halogens is 2. The number of fused-ring (bicyclic) bond motifs is 1. The SMILES string of the molecule is Cc1cccnc1O[C@H]1CC[C@@H](CCn2nc(C(=O)N3CCC(O)CC3)c3c2C[C@H](C(F)F)CC3)CC1. The topological polar surface area (TPSA) is 80.5 Å². The van der Waals surface area contributed by atoms with Gasteiger partial charge in [-0.1, -0.05) is 6.07 Å². The molecule has 0 spiro atoms. The number of carbonyl (C=O) groups is 1. The highest BCUT2D eigenvalue weighted by atomic mass is 19.3. The van der Waals surface area contributed by atoms with Crippen molar-refractivity contribution in [1.82, 2.24) is 19.7 Å². The molecular weight excluding hydrogens is 478 g/mol. The van der Waals surface area contributed by atoms with E-state index in [1.165, 1.54) is 0 Å². The first-order valence-electron chi connectivity index (χ1n) is 13.8. The zero-order valence-electron chi connectivity index (χ0n) is 21.6. The molecule has 0 radical (unpaired) electrons. The third-order valence-corrected chi connectivity index (χ3v) is 8.48. The molecule has 1 saturated carbocycles. The number of aliphatic hydroxyl groups is 1. The quantitative estimate of drug-likeness (QED) is 0.583. The van der Waals surface area contributed by atoms with Crippen LogP contribution in [0.4, 0.5) is 8.78 Å². The van der Waals surface area contributed by atoms with Gasteiger partial charge in [-0.25, -0.2) is 13.8 Å². The molecule has 1 aliphatic heterocycles. The van der Waals surface area contributed by atoms with Crippen molar-refractivity contribution in [3.05, 3.63) is 40.8 Å². The van der Waals surface area contributed by atoms with Crippen molar-refractivity contribution >= 4 is 5.91 Å². The van der Waals surface area contributed by atoms with Crippen LogP contribution in [0.25, 0.3) is 0 Å². The van der Waals surface area contributed by atoms with Crippen molar-refractivity contribution in [3.8, 4) is 5.88 Å². The number of pyridine rings is 1. The van der Waals surface area contributed by atoms with Crippen LogP contribution in [0.2, 0.25) is 0 Å². The maximum atomic E-state index is 13.6. The lowest BCUT2D eigenvalue weighted by Crippen LogP contribution is -2.40. The third kappa shape index (κ3) is 5.97. The van der Waals surface area contributed by atoms with Crippen molar-refractivity contribution < 1.29 is 23.4 Å². The van der Waals surface area contributed by atoms with Gasteiger partial charge in [-0.2, -0.15) is 5.10 Å². The maximum Gasteiger partial charge on any atom is 0.274 e. The van der Waals surface area contributed by atoms with Gasteiger partial charge in [-0.15, -0.1) is 0 Å². The molecule has 37 heavy (non-hydrogen) atoms. The van der Waals surface area contributed by atoms with Gasteiger partial charge in [0.25, 0.3) is 5.91 Å². The second kappa shape index (κ2) is 11.5. The first kappa shape index (κ1) is 26.1. The Morgan fingerprint density at radius 1 is 1.16 bits per heavy atom. The molecule has 1 amide bonds. The molecule has 3 heterocycles. The Morgan fingerprint density at radius 2 is 1.92 bits per heavy atom. The van der Waals surface area contributed by atoms with Crippen LogP contribution >= 0.6 is 0 Å². The van der Waals surface area contributed by atoms with E-state index in [2.05, 4.69) is 4.98 Å². The second-order valence-corrected chi connectivity index (χ2v) is 11.0. The molecule has 202 valence electrons. The summed E-state index contributed by atoms with van der Waals surface area (Å²) in [6.45, 7) is 3.65. The van der Waals surface area contributed by atoms with E-state index in [0.29, 0.717) is 62.8 Å². The van der Waals surface area contributed by atoms with Crippen molar-refractivity contribution in [2.75, 3.05) is 13.1 Å². The molecule has 3 aliphatic rings. The van der Waals surface area contributed by atoms with E-state index in [9.17, 15) is 18.7 Å². The summed E-state index contributed by atoms with van der Waals surface area (Å²) in [6.07, 6.45) is 6.38. The predicted molar refractivity (Wildman–Crippen MR) is 135 cm³/mol. The van der Waals surface area contributed by atoms with Crippen molar-refractivity contribution in [3.63, 3.8) is 0 Å². The molecule has 7 nitrogen and oxygen atoms in total. The highest BCUT2D eigenvalue weighted by Crippen LogP contribution is 2.34. The largest absolute Gasteiger partial charge is 0.474 e. The van der Waals surface area contributed by atoms with Crippen molar-refractivity contribution in [2.24, 2.45) is 11.8 Å². The molecule has 1 atom stereocenters. The normalized spacial score (nSPS) is 24.8. The Labute approximate surface area is 217 Å². The summed E-state index contributed by atoms with van der Waals surface area (Å²) in [7, 11) is 0. The minimum Gasteiger partial charge on any atom is -0.474 e. The number of hydrogen-bond acceptors (Lipinski definition) is 5. The van der Waals surface area contributed by atoms with Gasteiger partial charge in [-0.3, -0.25) is 9.48 Å². The van der Waals surface area contributed by atoms with Gasteiger partial charge < -0.3 is 14.7 Å². The van der Waals surface area contributed by atoms with E-state index in [-0.39, 0.29) is 24.5 Å². The number of aryl methyl sites for hydroxylation is 2. The molecule has 2 aromatic rings. The molecule has 9 heteroatoms. The number of hydrogen-bond donors (Lipinski definition) is 1. The van der Waals surface area contributed by atoms with Crippen LogP contribution in [0.5, 0.6) is 5.88 Å². The number of carbonyl (C=O) groups excluding carboxylic acids is 1. The van der Waals surface area contributed by atoms with Crippen LogP contribution in [0.3, 0.4) is 0 Å². The Morgan fingerprint density at radius 3 is 2.62 bits per heavy atom. The summed E-state index contributed by atoms with van der Waals surface area (Å²) in [5.41, 5.74) is 3.15. The second-order valence-electron chi connectivity index (χ2n) is 11.0. The molecule has 2 fully saturated rings. The lowest BCUT2D eigenvalue weighted by atomic mass is 9.85. The maximum absolute atomic E-state index is 13.6. The monoisotopic (exact) mass is 516 g/mol. The Kier molecular flexibility index (Phi) is 8.07. The zero-order chi connectivity index (χ0) is 25.9. The van der Waals surface area contributed by atoms with E-state index in [1.807, 2.05) is 23.7 Å². The zero-order valence-corrected chi connectivity index (χ0v) is 21.6. The van der Waals surface area contributed by atoms with Gasteiger partial charge in [-0.05, 0) is 83.1 Å². The number of piperidine rings is 1. The number of nitrogens with zero attached hydrogens (tertiary/aromatic N) is 4. The summed E-state index contributed by atoms with van der Waals surface area (Å²) >= 11 is 0. The summed E-state index contributed by atoms with van der Waals surface area (Å²) in [5, 5.41) is 14.5. The highest BCUT2D eigenvalue weighted by Gasteiger charge is 2.35. The van der Waals surface area contributed by atoms with Crippen molar-refractivity contribution in [1.29, 1.82) is 0 Å². The van der Waals surface area contributed by atoms with E-state index in [4.69, 9.17) is 9.84 Å². The summed E-state index contributed by atoms with van der Waals surface area (Å²) in [5.74, 6) is 0.420. The number of aromatic nitrogens is 3. The lowest BCUT2D eigenvalue weighted by Gasteiger charge is -2.29. The average molecular weight is 517 g/mol. The van der Waals surface area contributed by atoms with E-state index < -0.39 is 12.3 Å². The number of likely N-dealkylation sites (tertiary alicyclic amines) is 1. The van der Waals surface area contributed by atoms with Crippen LogP contribution in [-0.2, 0) is 19.4 Å². The first-order valence-corrected chi connectivity index (χ1v) is 13.8. The van der Waals surface area contributed by atoms with Gasteiger partial charge in [0.1, 0.15) is 6.10 Å². The molecule has 5 rings (SSSR count). The number of ether oxygens (including phenoxy) is 1. The number of amides is 1. The third-order valence-electron chi connectivity index (χ3n) is 8.48. The van der Waals surface area contributed by atoms with E-state index in [0.717, 1.165) is 48.9 Å². The number of aliphatic hydroxyl groups excluding tert-OH is 1. The highest BCUT2D eigenvalue weighted by molar-refractivity contribution is 5.94. The molecule has 0 aromatic carbocycles. The Hall–Kier alpha value is -2.55. The number of alkyl halides is 2. The summed E-state index contributed by atoms with van der Waals surface area (Å²) in [6, 6.07) is 3.91. The summed E-state index contributed by atoms with van der Waals surface area (Å²) in [4.78, 5) is 19.4. The fraction of sp³-hybridized carbons (Fsp3) is 0.679. The molecule has 1 saturated heterocycles. The lowest BCUT2D eigenvalue weighted by molar-refractivity contribution is 0.0539. The van der Waals surface area contributed by atoms with Crippen LogP contribution in [-0.4, -0.2) is 62.4 Å². The molecule has 2 aliphatic carbocycles. The van der Waals surface area contributed by atoms with Crippen molar-refractivity contribution in [2.45, 2.75) is 96.3 Å².